The minimum atomic E-state index is -3.61. The lowest BCUT2D eigenvalue weighted by molar-refractivity contribution is -0.120. The van der Waals surface area contributed by atoms with Crippen LogP contribution >= 0.6 is 0 Å². The summed E-state index contributed by atoms with van der Waals surface area (Å²) in [6.45, 7) is 9.82. The topological polar surface area (TPSA) is 69.7 Å². The highest BCUT2D eigenvalue weighted by Crippen LogP contribution is 2.27. The van der Waals surface area contributed by atoms with Crippen molar-refractivity contribution in [3.05, 3.63) is 59.2 Å². The zero-order valence-corrected chi connectivity index (χ0v) is 20.6. The van der Waals surface area contributed by atoms with Crippen molar-refractivity contribution in [3.63, 3.8) is 0 Å². The monoisotopic (exact) mass is 457 g/mol. The molecule has 2 aromatic rings. The van der Waals surface area contributed by atoms with Crippen molar-refractivity contribution in [1.29, 1.82) is 0 Å². The Hall–Kier alpha value is -2.54. The van der Waals surface area contributed by atoms with Gasteiger partial charge in [-0.2, -0.15) is 0 Å². The van der Waals surface area contributed by atoms with Crippen molar-refractivity contribution in [3.8, 4) is 0 Å². The summed E-state index contributed by atoms with van der Waals surface area (Å²) in [5.74, 6) is 0.454. The van der Waals surface area contributed by atoms with E-state index in [1.807, 2.05) is 51.1 Å². The Balaban J connectivity index is 1.68. The van der Waals surface area contributed by atoms with Gasteiger partial charge in [-0.3, -0.25) is 9.10 Å². The first-order valence-electron chi connectivity index (χ1n) is 11.2. The van der Waals surface area contributed by atoms with E-state index in [4.69, 9.17) is 0 Å². The maximum atomic E-state index is 12.8. The molecule has 7 heteroatoms. The zero-order valence-electron chi connectivity index (χ0n) is 19.8. The molecule has 1 amide bonds. The quantitative estimate of drug-likeness (QED) is 0.677. The van der Waals surface area contributed by atoms with Crippen molar-refractivity contribution < 1.29 is 13.2 Å². The SMILES string of the molecule is Cc1cccc(C)c1N(CC(=O)NC(C)c1ccc(N2CCC(C)CC2)cc1)S(C)(=O)=O. The molecule has 32 heavy (non-hydrogen) atoms. The molecule has 0 bridgehead atoms. The van der Waals surface area contributed by atoms with E-state index in [2.05, 4.69) is 29.3 Å². The van der Waals surface area contributed by atoms with Crippen LogP contribution in [0.25, 0.3) is 0 Å². The predicted octanol–water partition coefficient (Wildman–Crippen LogP) is 4.18. The predicted molar refractivity (Wildman–Crippen MR) is 132 cm³/mol. The number of carbonyl (C=O) groups is 1. The van der Waals surface area contributed by atoms with E-state index in [1.165, 1.54) is 22.8 Å². The highest BCUT2D eigenvalue weighted by atomic mass is 32.2. The summed E-state index contributed by atoms with van der Waals surface area (Å²) in [5, 5.41) is 2.95. The van der Waals surface area contributed by atoms with Gasteiger partial charge in [-0.05, 0) is 68.4 Å². The molecule has 1 atom stereocenters. The second-order valence-corrected chi connectivity index (χ2v) is 11.0. The third kappa shape index (κ3) is 5.82. The van der Waals surface area contributed by atoms with Crippen LogP contribution < -0.4 is 14.5 Å². The van der Waals surface area contributed by atoms with E-state index in [1.54, 1.807) is 0 Å². The van der Waals surface area contributed by atoms with Gasteiger partial charge in [-0.1, -0.05) is 37.3 Å². The summed E-state index contributed by atoms with van der Waals surface area (Å²) in [4.78, 5) is 15.2. The van der Waals surface area contributed by atoms with Gasteiger partial charge >= 0.3 is 0 Å². The summed E-state index contributed by atoms with van der Waals surface area (Å²) in [6.07, 6.45) is 3.56. The second kappa shape index (κ2) is 9.94. The van der Waals surface area contributed by atoms with E-state index >= 15 is 0 Å². The van der Waals surface area contributed by atoms with Gasteiger partial charge in [0.25, 0.3) is 0 Å². The maximum Gasteiger partial charge on any atom is 0.241 e. The van der Waals surface area contributed by atoms with Gasteiger partial charge in [-0.15, -0.1) is 0 Å². The Labute approximate surface area is 192 Å². The molecular formula is C25H35N3O3S. The van der Waals surface area contributed by atoms with E-state index in [0.717, 1.165) is 42.0 Å². The number of para-hydroxylation sites is 1. The minimum absolute atomic E-state index is 0.225. The van der Waals surface area contributed by atoms with E-state index in [0.29, 0.717) is 5.69 Å². The van der Waals surface area contributed by atoms with Gasteiger partial charge in [0.05, 0.1) is 18.0 Å². The highest BCUT2D eigenvalue weighted by Gasteiger charge is 2.24. The van der Waals surface area contributed by atoms with Gasteiger partial charge in [0.1, 0.15) is 6.54 Å². The molecule has 1 aliphatic heterocycles. The number of sulfonamides is 1. The molecule has 2 aromatic carbocycles. The molecule has 1 unspecified atom stereocenters. The number of benzene rings is 2. The number of nitrogens with one attached hydrogen (secondary N) is 1. The van der Waals surface area contributed by atoms with Crippen molar-refractivity contribution in [1.82, 2.24) is 5.32 Å². The number of rotatable bonds is 7. The lowest BCUT2D eigenvalue weighted by atomic mass is 9.98. The van der Waals surface area contributed by atoms with Crippen LogP contribution in [0.15, 0.2) is 42.5 Å². The number of aryl methyl sites for hydroxylation is 2. The van der Waals surface area contributed by atoms with Crippen LogP contribution in [0.3, 0.4) is 0 Å². The summed E-state index contributed by atoms with van der Waals surface area (Å²) >= 11 is 0. The standard InChI is InChI=1S/C25H35N3O3S/c1-18-13-15-27(16-14-18)23-11-9-22(10-12-23)21(4)26-24(29)17-28(32(5,30)31)25-19(2)7-6-8-20(25)3/h6-12,18,21H,13-17H2,1-5H3,(H,26,29). The van der Waals surface area contributed by atoms with Gasteiger partial charge in [-0.25, -0.2) is 8.42 Å². The molecule has 1 heterocycles. The summed E-state index contributed by atoms with van der Waals surface area (Å²) < 4.78 is 26.1. The first-order chi connectivity index (χ1) is 15.1. The fraction of sp³-hybridized carbons (Fsp3) is 0.480. The van der Waals surface area contributed by atoms with Crippen molar-refractivity contribution in [2.75, 3.05) is 35.1 Å². The normalized spacial score (nSPS) is 16.0. The highest BCUT2D eigenvalue weighted by molar-refractivity contribution is 7.92. The number of carbonyl (C=O) groups excluding carboxylic acids is 1. The van der Waals surface area contributed by atoms with Crippen LogP contribution in [0, 0.1) is 19.8 Å². The Bertz CT molecular complexity index is 1020. The van der Waals surface area contributed by atoms with Crippen molar-refractivity contribution in [2.45, 2.75) is 46.6 Å². The first-order valence-corrected chi connectivity index (χ1v) is 13.1. The van der Waals surface area contributed by atoms with Crippen LogP contribution in [-0.4, -0.2) is 40.2 Å². The van der Waals surface area contributed by atoms with Gasteiger partial charge in [0.15, 0.2) is 0 Å². The maximum absolute atomic E-state index is 12.8. The van der Waals surface area contributed by atoms with E-state index in [-0.39, 0.29) is 18.5 Å². The Kier molecular flexibility index (Phi) is 7.49. The summed E-state index contributed by atoms with van der Waals surface area (Å²) in [5.41, 5.74) is 4.40. The molecule has 0 aliphatic carbocycles. The molecule has 0 aromatic heterocycles. The van der Waals surface area contributed by atoms with E-state index < -0.39 is 10.0 Å². The molecule has 1 N–H and O–H groups in total. The van der Waals surface area contributed by atoms with E-state index in [9.17, 15) is 13.2 Å². The van der Waals surface area contributed by atoms with Crippen LogP contribution in [0.5, 0.6) is 0 Å². The third-order valence-electron chi connectivity index (χ3n) is 6.30. The Morgan fingerprint density at radius 2 is 1.66 bits per heavy atom. The van der Waals surface area contributed by atoms with Crippen LogP contribution in [0.2, 0.25) is 0 Å². The molecule has 1 saturated heterocycles. The summed E-state index contributed by atoms with van der Waals surface area (Å²) in [7, 11) is -3.61. The molecule has 1 fully saturated rings. The second-order valence-electron chi connectivity index (χ2n) is 9.06. The number of hydrogen-bond donors (Lipinski definition) is 1. The van der Waals surface area contributed by atoms with Gasteiger partial charge < -0.3 is 10.2 Å². The Morgan fingerprint density at radius 1 is 1.09 bits per heavy atom. The average molecular weight is 458 g/mol. The molecule has 0 saturated carbocycles. The van der Waals surface area contributed by atoms with Crippen LogP contribution in [0.4, 0.5) is 11.4 Å². The Morgan fingerprint density at radius 3 is 2.19 bits per heavy atom. The number of amides is 1. The molecule has 3 rings (SSSR count). The van der Waals surface area contributed by atoms with Crippen LogP contribution in [0.1, 0.15) is 49.4 Å². The molecule has 0 spiro atoms. The molecular weight excluding hydrogens is 422 g/mol. The lowest BCUT2D eigenvalue weighted by Crippen LogP contribution is -2.41. The third-order valence-corrected chi connectivity index (χ3v) is 7.41. The molecule has 174 valence electrons. The zero-order chi connectivity index (χ0) is 23.5. The number of nitrogens with zero attached hydrogens (tertiary/aromatic N) is 2. The van der Waals surface area contributed by atoms with Gasteiger partial charge in [0.2, 0.25) is 15.9 Å². The summed E-state index contributed by atoms with van der Waals surface area (Å²) in [6, 6.07) is 13.6. The number of hydrogen-bond acceptors (Lipinski definition) is 4. The fourth-order valence-corrected chi connectivity index (χ4v) is 5.27. The van der Waals surface area contributed by atoms with Crippen LogP contribution in [-0.2, 0) is 14.8 Å². The number of anilines is 2. The first kappa shape index (κ1) is 24.1. The number of piperidine rings is 1. The fourth-order valence-electron chi connectivity index (χ4n) is 4.30. The largest absolute Gasteiger partial charge is 0.372 e. The smallest absolute Gasteiger partial charge is 0.241 e. The van der Waals surface area contributed by atoms with Gasteiger partial charge in [0, 0.05) is 18.8 Å². The molecule has 6 nitrogen and oxygen atoms in total. The minimum Gasteiger partial charge on any atom is -0.372 e. The molecule has 1 aliphatic rings. The van der Waals surface area contributed by atoms with Crippen molar-refractivity contribution in [2.24, 2.45) is 5.92 Å². The van der Waals surface area contributed by atoms with Crippen molar-refractivity contribution >= 4 is 27.3 Å². The molecule has 0 radical (unpaired) electrons. The average Bonchev–Trinajstić information content (AvgIpc) is 2.73. The lowest BCUT2D eigenvalue weighted by Gasteiger charge is -2.32.